The maximum Gasteiger partial charge on any atom is 0.269 e. The first-order valence-corrected chi connectivity index (χ1v) is 31.8. The van der Waals surface area contributed by atoms with E-state index in [0.717, 1.165) is 72.7 Å². The minimum atomic E-state index is -0.344. The van der Waals surface area contributed by atoms with Crippen molar-refractivity contribution in [3.05, 3.63) is 317 Å². The molecular formula is C85H64N4O. The smallest absolute Gasteiger partial charge is 0.269 e. The Morgan fingerprint density at radius 2 is 0.911 bits per heavy atom. The van der Waals surface area contributed by atoms with Crippen LogP contribution in [0.5, 0.6) is 11.5 Å². The van der Waals surface area contributed by atoms with E-state index in [1.54, 1.807) is 0 Å². The summed E-state index contributed by atoms with van der Waals surface area (Å²) >= 11 is 0. The first-order chi connectivity index (χ1) is 43.8. The standard InChI is InChI=1S/C85H64N4O/c1-80(2,3)54-44-45-86-78(48-54)89-75-43-39-52(53-38-42-72-73(47-53)84(7)71-35-18-17-34-70(71)82(5)67-31-14-13-30-66(67)81(4)68-32-15-16-33-69(68)83(72,6)85(81,82)84)46-65(75)63-41-40-57(50-77(63)89)90-56-23-20-22-55(49-56)87-51-88-74-36-19-12-28-62(74)60-26-10-8-24-58(60)59-25-9-11-27-61(59)64-29-21-37-76(87)79(64)88/h8-50H,1-7H3. The molecule has 4 heterocycles. The quantitative estimate of drug-likeness (QED) is 0.127. The first-order valence-electron chi connectivity index (χ1n) is 31.8. The van der Waals surface area contributed by atoms with E-state index in [1.165, 1.54) is 83.5 Å². The summed E-state index contributed by atoms with van der Waals surface area (Å²) in [6, 6.07) is 95.4. The van der Waals surface area contributed by atoms with Crippen LogP contribution in [0, 0.1) is 11.7 Å². The molecule has 5 nitrogen and oxygen atoms in total. The molecule has 14 aromatic rings. The van der Waals surface area contributed by atoms with Crippen LogP contribution in [0.15, 0.2) is 261 Å². The predicted molar refractivity (Wildman–Crippen MR) is 364 cm³/mol. The highest BCUT2D eigenvalue weighted by Crippen LogP contribution is 2.90. The van der Waals surface area contributed by atoms with Gasteiger partial charge in [-0.05, 0) is 167 Å². The topological polar surface area (TPSA) is 35.9 Å². The number of ether oxygens (including phenoxy) is 1. The minimum absolute atomic E-state index is 0.0849. The fourth-order valence-corrected chi connectivity index (χ4v) is 19.7. The average Bonchev–Trinajstić information content (AvgIpc) is 1.41. The van der Waals surface area contributed by atoms with Crippen molar-refractivity contribution in [2.24, 2.45) is 5.41 Å². The van der Waals surface area contributed by atoms with Crippen LogP contribution >= 0.6 is 0 Å². The molecule has 1 aliphatic heterocycles. The van der Waals surface area contributed by atoms with Crippen molar-refractivity contribution in [1.29, 1.82) is 0 Å². The van der Waals surface area contributed by atoms with Crippen molar-refractivity contribution in [2.45, 2.75) is 75.5 Å². The van der Waals surface area contributed by atoms with Gasteiger partial charge in [0, 0.05) is 50.1 Å². The van der Waals surface area contributed by atoms with Gasteiger partial charge in [0.15, 0.2) is 0 Å². The molecule has 0 fully saturated rings. The van der Waals surface area contributed by atoms with Gasteiger partial charge in [0.25, 0.3) is 6.33 Å². The molecule has 4 aliphatic carbocycles. The summed E-state index contributed by atoms with van der Waals surface area (Å²) in [5.41, 5.74) is 27.1. The lowest BCUT2D eigenvalue weighted by atomic mass is 9.43. The second-order valence-electron chi connectivity index (χ2n) is 27.7. The zero-order valence-corrected chi connectivity index (χ0v) is 51.5. The summed E-state index contributed by atoms with van der Waals surface area (Å²) in [6.07, 6.45) is 5.83. The van der Waals surface area contributed by atoms with E-state index in [-0.39, 0.29) is 32.5 Å². The zero-order valence-electron chi connectivity index (χ0n) is 51.5. The molecule has 0 N–H and O–H groups in total. The number of aromatic nitrogens is 4. The maximum absolute atomic E-state index is 7.05. The van der Waals surface area contributed by atoms with Crippen LogP contribution in [0.3, 0.4) is 0 Å². The monoisotopic (exact) mass is 1160 g/mol. The number of benzene rings is 11. The van der Waals surface area contributed by atoms with Crippen molar-refractivity contribution in [2.75, 3.05) is 0 Å². The molecule has 0 bridgehead atoms. The van der Waals surface area contributed by atoms with Gasteiger partial charge < -0.3 is 4.74 Å². The Kier molecular flexibility index (Phi) is 10.0. The lowest BCUT2D eigenvalue weighted by molar-refractivity contribution is -0.571. The molecule has 0 radical (unpaired) electrons. The lowest BCUT2D eigenvalue weighted by Crippen LogP contribution is -2.60. The predicted octanol–water partition coefficient (Wildman–Crippen LogP) is 19.8. The van der Waals surface area contributed by atoms with E-state index in [0.29, 0.717) is 0 Å². The molecule has 0 saturated heterocycles. The molecule has 0 saturated carbocycles. The highest BCUT2D eigenvalue weighted by Gasteiger charge is 2.89. The van der Waals surface area contributed by atoms with Crippen LogP contribution in [-0.4, -0.2) is 14.1 Å². The first kappa shape index (κ1) is 51.7. The summed E-state index contributed by atoms with van der Waals surface area (Å²) in [5.74, 6) is 2.33. The summed E-state index contributed by atoms with van der Waals surface area (Å²) < 4.78 is 13.8. The summed E-state index contributed by atoms with van der Waals surface area (Å²) in [7, 11) is 0. The van der Waals surface area contributed by atoms with Crippen molar-refractivity contribution < 1.29 is 9.30 Å². The molecule has 1 spiro atoms. The Bertz CT molecular complexity index is 5460. The van der Waals surface area contributed by atoms with E-state index in [1.807, 2.05) is 6.20 Å². The van der Waals surface area contributed by atoms with Crippen LogP contribution in [0.2, 0.25) is 0 Å². The molecule has 0 amide bonds. The highest BCUT2D eigenvalue weighted by atomic mass is 16.5. The van der Waals surface area contributed by atoms with Gasteiger partial charge in [-0.15, -0.1) is 0 Å². The van der Waals surface area contributed by atoms with Crippen molar-refractivity contribution >= 4 is 32.8 Å². The van der Waals surface area contributed by atoms with Gasteiger partial charge in [-0.3, -0.25) is 13.7 Å². The molecule has 19 rings (SSSR count). The Hall–Kier alpha value is -10.4. The molecular weight excluding hydrogens is 1090 g/mol. The SMILES string of the molecule is CC(C)(C)c1ccnc(-n2c3ccc(-c4ccc5c(c4)C4(C)c6ccccc6C6(C)c7ccccc7C7(C)c8ccccc8C5(C)C764)cc3c3ccc(Oc4cccc(-n5[c-][n+]6c7c(cccc75)-c5ccccc5-c5ccccc5-c5ccccc5-6)c4)cc32)c1. The van der Waals surface area contributed by atoms with Crippen molar-refractivity contribution in [3.63, 3.8) is 0 Å². The van der Waals surface area contributed by atoms with E-state index >= 15 is 0 Å². The molecule has 430 valence electrons. The highest BCUT2D eigenvalue weighted by molar-refractivity contribution is 6.11. The molecule has 5 atom stereocenters. The molecule has 5 unspecified atom stereocenters. The second-order valence-corrected chi connectivity index (χ2v) is 27.7. The van der Waals surface area contributed by atoms with Gasteiger partial charge in [-0.1, -0.05) is 230 Å². The van der Waals surface area contributed by atoms with Gasteiger partial charge in [0.05, 0.1) is 33.4 Å². The molecule has 11 aromatic carbocycles. The fourth-order valence-electron chi connectivity index (χ4n) is 19.7. The van der Waals surface area contributed by atoms with Gasteiger partial charge >= 0.3 is 0 Å². The number of para-hydroxylation sites is 2. The Morgan fingerprint density at radius 3 is 1.54 bits per heavy atom. The molecule has 5 heteroatoms. The molecule has 90 heavy (non-hydrogen) atoms. The third-order valence-electron chi connectivity index (χ3n) is 22.9. The number of imidazole rings is 1. The number of fused-ring (bicyclic) bond motifs is 22. The largest absolute Gasteiger partial charge is 0.458 e. The Labute approximate surface area is 524 Å². The summed E-state index contributed by atoms with van der Waals surface area (Å²) in [6.45, 7) is 17.3. The van der Waals surface area contributed by atoms with Crippen LogP contribution in [0.25, 0.3) is 94.5 Å². The number of hydrogen-bond acceptors (Lipinski definition) is 2. The lowest BCUT2D eigenvalue weighted by Gasteiger charge is -2.57. The molecule has 3 aromatic heterocycles. The normalized spacial score (nSPS) is 21.7. The van der Waals surface area contributed by atoms with Crippen molar-refractivity contribution in [3.8, 4) is 73.2 Å². The van der Waals surface area contributed by atoms with Gasteiger partial charge in [-0.2, -0.15) is 0 Å². The van der Waals surface area contributed by atoms with E-state index < -0.39 is 0 Å². The van der Waals surface area contributed by atoms with E-state index in [9.17, 15) is 0 Å². The van der Waals surface area contributed by atoms with Crippen LogP contribution in [0.1, 0.15) is 98.5 Å². The van der Waals surface area contributed by atoms with Crippen LogP contribution in [-0.2, 0) is 27.1 Å². The minimum Gasteiger partial charge on any atom is -0.458 e. The Balaban J connectivity index is 0.754. The number of hydrogen-bond donors (Lipinski definition) is 0. The van der Waals surface area contributed by atoms with E-state index in [4.69, 9.17) is 9.72 Å². The van der Waals surface area contributed by atoms with Gasteiger partial charge in [0.2, 0.25) is 0 Å². The fraction of sp³-hybridized carbons (Fsp3) is 0.153. The van der Waals surface area contributed by atoms with Gasteiger partial charge in [-0.25, -0.2) is 4.98 Å². The number of nitrogens with zero attached hydrogens (tertiary/aromatic N) is 4. The van der Waals surface area contributed by atoms with Crippen LogP contribution < -0.4 is 9.30 Å². The van der Waals surface area contributed by atoms with E-state index in [2.05, 4.69) is 323 Å². The maximum atomic E-state index is 7.05. The van der Waals surface area contributed by atoms with Crippen molar-refractivity contribution in [1.82, 2.24) is 14.1 Å². The van der Waals surface area contributed by atoms with Gasteiger partial charge in [0.1, 0.15) is 17.3 Å². The average molecular weight is 1160 g/mol. The second kappa shape index (κ2) is 17.5. The zero-order chi connectivity index (χ0) is 60.4. The third-order valence-corrected chi connectivity index (χ3v) is 22.9. The Morgan fingerprint density at radius 1 is 0.400 bits per heavy atom. The summed E-state index contributed by atoms with van der Waals surface area (Å²) in [4.78, 5) is 5.14. The number of rotatable bonds is 5. The molecule has 5 aliphatic rings. The third kappa shape index (κ3) is 6.05. The van der Waals surface area contributed by atoms with Crippen LogP contribution in [0.4, 0.5) is 0 Å². The summed E-state index contributed by atoms with van der Waals surface area (Å²) in [5, 5.41) is 2.29. The number of pyridine rings is 1.